The molecule has 4 rings (SSSR count). The van der Waals surface area contributed by atoms with Crippen LogP contribution in [0.1, 0.15) is 11.4 Å². The van der Waals surface area contributed by atoms with Gasteiger partial charge in [-0.2, -0.15) is 4.98 Å². The maximum absolute atomic E-state index is 14.5. The molecule has 2 aromatic heterocycles. The second kappa shape index (κ2) is 11.0. The van der Waals surface area contributed by atoms with Crippen LogP contribution in [-0.2, 0) is 17.8 Å². The Labute approximate surface area is 221 Å². The lowest BCUT2D eigenvalue weighted by atomic mass is 10.2. The summed E-state index contributed by atoms with van der Waals surface area (Å²) in [7, 11) is 7.46. The number of amides is 1. The van der Waals surface area contributed by atoms with Crippen molar-refractivity contribution in [3.8, 4) is 28.8 Å². The molecular weight excluding hydrogens is 521 g/mol. The van der Waals surface area contributed by atoms with E-state index in [1.807, 2.05) is 0 Å². The Kier molecular flexibility index (Phi) is 7.72. The highest BCUT2D eigenvalue weighted by Gasteiger charge is 2.22. The molecule has 0 aliphatic carbocycles. The molecule has 0 saturated heterocycles. The summed E-state index contributed by atoms with van der Waals surface area (Å²) in [5.74, 6) is 0.240. The van der Waals surface area contributed by atoms with E-state index < -0.39 is 11.5 Å². The molecule has 0 aliphatic heterocycles. The maximum Gasteiger partial charge on any atom is 0.332 e. The summed E-state index contributed by atoms with van der Waals surface area (Å²) >= 11 is 6.55. The molecule has 0 radical (unpaired) electrons. The van der Waals surface area contributed by atoms with E-state index in [1.54, 1.807) is 20.2 Å². The van der Waals surface area contributed by atoms with E-state index in [4.69, 9.17) is 30.5 Å². The minimum Gasteiger partial charge on any atom is -0.496 e. The number of likely N-dealkylation sites (N-methyl/N-ethyl adjacent to an activating group) is 1. The van der Waals surface area contributed by atoms with Gasteiger partial charge < -0.3 is 23.8 Å². The lowest BCUT2D eigenvalue weighted by Gasteiger charge is -2.16. The number of hydrogen-bond acceptors (Lipinski definition) is 8. The zero-order chi connectivity index (χ0) is 27.6. The number of aromatic amines is 1. The van der Waals surface area contributed by atoms with Crippen LogP contribution in [0.2, 0.25) is 5.02 Å². The average Bonchev–Trinajstić information content (AvgIpc) is 3.22. The predicted octanol–water partition coefficient (Wildman–Crippen LogP) is 3.14. The fourth-order valence-corrected chi connectivity index (χ4v) is 3.97. The van der Waals surface area contributed by atoms with Crippen molar-refractivity contribution < 1.29 is 28.1 Å². The fraction of sp³-hybridized carbons (Fsp3) is 0.280. The highest BCUT2D eigenvalue weighted by Crippen LogP contribution is 2.37. The Morgan fingerprint density at radius 3 is 2.47 bits per heavy atom. The number of carbonyl (C=O) groups excluding carboxylic acids is 1. The summed E-state index contributed by atoms with van der Waals surface area (Å²) in [5, 5.41) is 0.143. The number of fused-ring (bicyclic) bond motifs is 1. The number of halogens is 2. The van der Waals surface area contributed by atoms with Gasteiger partial charge in [-0.1, -0.05) is 17.7 Å². The molecule has 11 nitrogen and oxygen atoms in total. The molecule has 0 saturated carbocycles. The third kappa shape index (κ3) is 5.07. The zero-order valence-electron chi connectivity index (χ0n) is 21.3. The summed E-state index contributed by atoms with van der Waals surface area (Å²) < 4.78 is 37.5. The number of nitrogens with one attached hydrogen (secondary N) is 1. The molecule has 2 heterocycles. The first-order valence-corrected chi connectivity index (χ1v) is 11.6. The summed E-state index contributed by atoms with van der Waals surface area (Å²) in [6.07, 6.45) is -0.117. The number of H-pyrrole nitrogens is 1. The molecule has 200 valence electrons. The Balaban J connectivity index is 1.83. The van der Waals surface area contributed by atoms with Gasteiger partial charge in [-0.15, -0.1) is 0 Å². The fourth-order valence-electron chi connectivity index (χ4n) is 3.73. The molecule has 13 heteroatoms. The van der Waals surface area contributed by atoms with Crippen LogP contribution in [0.15, 0.2) is 35.1 Å². The maximum atomic E-state index is 14.5. The molecule has 0 fully saturated rings. The number of hydrogen-bond donors (Lipinski definition) is 1. The van der Waals surface area contributed by atoms with Crippen molar-refractivity contribution >= 4 is 28.7 Å². The number of aromatic nitrogens is 4. The third-order valence-electron chi connectivity index (χ3n) is 5.69. The van der Waals surface area contributed by atoms with Crippen molar-refractivity contribution in [3.63, 3.8) is 0 Å². The molecule has 0 atom stereocenters. The van der Waals surface area contributed by atoms with Gasteiger partial charge in [0.15, 0.2) is 17.1 Å². The smallest absolute Gasteiger partial charge is 0.332 e. The van der Waals surface area contributed by atoms with E-state index in [0.717, 1.165) is 0 Å². The van der Waals surface area contributed by atoms with Crippen LogP contribution in [0, 0.1) is 5.82 Å². The van der Waals surface area contributed by atoms with Gasteiger partial charge in [0.1, 0.15) is 29.5 Å². The number of imidazole rings is 1. The Hall–Kier alpha value is -4.32. The van der Waals surface area contributed by atoms with Crippen molar-refractivity contribution in [2.45, 2.75) is 13.0 Å². The summed E-state index contributed by atoms with van der Waals surface area (Å²) in [5.41, 5.74) is 0.161. The van der Waals surface area contributed by atoms with E-state index in [2.05, 4.69) is 15.0 Å². The average molecular weight is 546 g/mol. The van der Waals surface area contributed by atoms with Gasteiger partial charge in [0.05, 0.1) is 44.0 Å². The van der Waals surface area contributed by atoms with Gasteiger partial charge in [-0.05, 0) is 12.1 Å². The van der Waals surface area contributed by atoms with Crippen LogP contribution in [0.4, 0.5) is 4.39 Å². The second-order valence-corrected chi connectivity index (χ2v) is 8.65. The number of methoxy groups -OCH3 is 3. The van der Waals surface area contributed by atoms with Crippen molar-refractivity contribution in [1.82, 2.24) is 24.4 Å². The minimum atomic E-state index is -0.586. The minimum absolute atomic E-state index is 0.0835. The summed E-state index contributed by atoms with van der Waals surface area (Å²) in [4.78, 5) is 38.1. The monoisotopic (exact) mass is 545 g/mol. The largest absolute Gasteiger partial charge is 0.496 e. The van der Waals surface area contributed by atoms with Gasteiger partial charge in [-0.3, -0.25) is 9.78 Å². The number of carbonyl (C=O) groups is 1. The zero-order valence-corrected chi connectivity index (χ0v) is 22.1. The normalized spacial score (nSPS) is 10.9. The Morgan fingerprint density at radius 1 is 1.08 bits per heavy atom. The van der Waals surface area contributed by atoms with E-state index in [9.17, 15) is 14.0 Å². The van der Waals surface area contributed by atoms with Gasteiger partial charge in [-0.25, -0.2) is 18.7 Å². The quantitative estimate of drug-likeness (QED) is 0.340. The van der Waals surface area contributed by atoms with Crippen molar-refractivity contribution in [3.05, 3.63) is 63.0 Å². The molecule has 38 heavy (non-hydrogen) atoms. The van der Waals surface area contributed by atoms with Crippen molar-refractivity contribution in [2.75, 3.05) is 35.4 Å². The van der Waals surface area contributed by atoms with Gasteiger partial charge in [0, 0.05) is 26.2 Å². The van der Waals surface area contributed by atoms with E-state index in [0.29, 0.717) is 5.75 Å². The second-order valence-electron chi connectivity index (χ2n) is 8.24. The van der Waals surface area contributed by atoms with Crippen LogP contribution in [0.3, 0.4) is 0 Å². The van der Waals surface area contributed by atoms with Gasteiger partial charge in [0.25, 0.3) is 0 Å². The van der Waals surface area contributed by atoms with Crippen LogP contribution < -0.4 is 24.6 Å². The van der Waals surface area contributed by atoms with Crippen LogP contribution >= 0.6 is 11.6 Å². The van der Waals surface area contributed by atoms with E-state index >= 15 is 0 Å². The number of nitrogens with zero attached hydrogens (tertiary/aromatic N) is 4. The standard InChI is InChI=1S/C25H25ClFN5O6/c1-31(2)21(33)11-20-28-23-22(24(29-20)37-5)30-25(34)32(23)16-10-19(18(36-4)9-14(16)26)38-12-13-15(27)7-6-8-17(13)35-3/h6-10H,11-12H2,1-5H3,(H,30,34). The first kappa shape index (κ1) is 26.7. The topological polar surface area (TPSA) is 121 Å². The molecule has 1 N–H and O–H groups in total. The highest BCUT2D eigenvalue weighted by molar-refractivity contribution is 6.32. The van der Waals surface area contributed by atoms with Crippen molar-refractivity contribution in [1.29, 1.82) is 0 Å². The number of ether oxygens (including phenoxy) is 4. The first-order chi connectivity index (χ1) is 18.2. The molecule has 2 aromatic carbocycles. The molecule has 1 amide bonds. The Morgan fingerprint density at radius 2 is 1.82 bits per heavy atom. The lowest BCUT2D eigenvalue weighted by molar-refractivity contribution is -0.128. The molecule has 0 bridgehead atoms. The van der Waals surface area contributed by atoms with Crippen LogP contribution in [-0.4, -0.2) is 65.8 Å². The van der Waals surface area contributed by atoms with Gasteiger partial charge >= 0.3 is 5.69 Å². The molecule has 4 aromatic rings. The Bertz CT molecular complexity index is 1570. The third-order valence-corrected chi connectivity index (χ3v) is 6.00. The van der Waals surface area contributed by atoms with Gasteiger partial charge in [0.2, 0.25) is 11.8 Å². The molecule has 0 unspecified atom stereocenters. The number of benzene rings is 2. The van der Waals surface area contributed by atoms with E-state index in [1.165, 1.54) is 55.1 Å². The first-order valence-electron chi connectivity index (χ1n) is 11.3. The molecule has 0 spiro atoms. The van der Waals surface area contributed by atoms with E-state index in [-0.39, 0.29) is 69.6 Å². The summed E-state index contributed by atoms with van der Waals surface area (Å²) in [6, 6.07) is 7.37. The predicted molar refractivity (Wildman–Crippen MR) is 137 cm³/mol. The lowest BCUT2D eigenvalue weighted by Crippen LogP contribution is -2.24. The number of rotatable bonds is 9. The van der Waals surface area contributed by atoms with Crippen LogP contribution in [0.5, 0.6) is 23.1 Å². The van der Waals surface area contributed by atoms with Crippen molar-refractivity contribution in [2.24, 2.45) is 0 Å². The SMILES string of the molecule is COc1cc(Cl)c(-n2c(=O)[nH]c3c(OC)nc(CC(=O)N(C)C)nc32)cc1OCc1c(F)cccc1OC. The molecule has 0 aliphatic rings. The van der Waals surface area contributed by atoms with Crippen LogP contribution in [0.25, 0.3) is 16.9 Å². The summed E-state index contributed by atoms with van der Waals surface area (Å²) in [6.45, 7) is -0.192. The molecular formula is C25H25ClFN5O6. The highest BCUT2D eigenvalue weighted by atomic mass is 35.5.